The van der Waals surface area contributed by atoms with Gasteiger partial charge < -0.3 is 16.0 Å². The largest absolute Gasteiger partial charge is 0.416 e. The number of hydrogen-bond acceptors (Lipinski definition) is 4. The van der Waals surface area contributed by atoms with Crippen LogP contribution in [0.5, 0.6) is 0 Å². The Morgan fingerprint density at radius 2 is 1.53 bits per heavy atom. The van der Waals surface area contributed by atoms with Gasteiger partial charge in [0, 0.05) is 16.1 Å². The molecule has 0 aliphatic carbocycles. The van der Waals surface area contributed by atoms with E-state index < -0.39 is 29.5 Å². The number of alkyl halides is 3. The second kappa shape index (κ2) is 14.1. The minimum atomic E-state index is -4.57. The summed E-state index contributed by atoms with van der Waals surface area (Å²) >= 11 is 7.10. The monoisotopic (exact) mass is 623 g/mol. The minimum Gasteiger partial charge on any atom is -0.324 e. The van der Waals surface area contributed by atoms with Gasteiger partial charge in [-0.05, 0) is 78.7 Å². The second-order valence-electron chi connectivity index (χ2n) is 9.24. The quantitative estimate of drug-likeness (QED) is 0.131. The summed E-state index contributed by atoms with van der Waals surface area (Å²) in [5.74, 6) is -1.60. The molecule has 4 aromatic carbocycles. The number of hydrogen-bond donors (Lipinski definition) is 3. The Hall–Kier alpha value is -4.54. The fourth-order valence-corrected chi connectivity index (χ4v) is 4.68. The molecule has 0 spiro atoms. The number of amides is 3. The van der Waals surface area contributed by atoms with Gasteiger partial charge >= 0.3 is 6.18 Å². The van der Waals surface area contributed by atoms with Gasteiger partial charge in [0.15, 0.2) is 0 Å². The SMILES string of the molecule is Cc1ccccc1/C=C(\NC(=O)c1ccccc1)C(=O)Nc1ccc(SCC(=O)Nc2cc(C(F)(F)F)ccc2Cl)cc1. The average molecular weight is 624 g/mol. The Bertz CT molecular complexity index is 1660. The maximum Gasteiger partial charge on any atom is 0.416 e. The van der Waals surface area contributed by atoms with Crippen molar-refractivity contribution in [1.82, 2.24) is 5.32 Å². The topological polar surface area (TPSA) is 87.3 Å². The van der Waals surface area contributed by atoms with Crippen LogP contribution in [0.3, 0.4) is 0 Å². The predicted octanol–water partition coefficient (Wildman–Crippen LogP) is 7.81. The number of nitrogens with one attached hydrogen (secondary N) is 3. The first-order valence-corrected chi connectivity index (χ1v) is 14.2. The van der Waals surface area contributed by atoms with E-state index in [0.29, 0.717) is 16.1 Å². The van der Waals surface area contributed by atoms with Crippen LogP contribution in [0.4, 0.5) is 24.5 Å². The molecule has 0 saturated carbocycles. The molecule has 0 heterocycles. The molecule has 0 radical (unpaired) electrons. The zero-order valence-electron chi connectivity index (χ0n) is 22.7. The summed E-state index contributed by atoms with van der Waals surface area (Å²) < 4.78 is 39.0. The summed E-state index contributed by atoms with van der Waals surface area (Å²) in [7, 11) is 0. The number of rotatable bonds is 9. The molecule has 6 nitrogen and oxygen atoms in total. The van der Waals surface area contributed by atoms with E-state index in [4.69, 9.17) is 11.6 Å². The first-order chi connectivity index (χ1) is 20.5. The molecular formula is C32H25ClF3N3O3S. The molecule has 0 aromatic heterocycles. The Kier molecular flexibility index (Phi) is 10.3. The number of anilines is 2. The van der Waals surface area contributed by atoms with E-state index in [-0.39, 0.29) is 22.2 Å². The van der Waals surface area contributed by atoms with E-state index in [1.165, 1.54) is 0 Å². The highest BCUT2D eigenvalue weighted by atomic mass is 35.5. The lowest BCUT2D eigenvalue weighted by molar-refractivity contribution is -0.137. The highest BCUT2D eigenvalue weighted by Crippen LogP contribution is 2.34. The summed E-state index contributed by atoms with van der Waals surface area (Å²) in [4.78, 5) is 39.1. The van der Waals surface area contributed by atoms with Crippen LogP contribution in [-0.2, 0) is 15.8 Å². The molecule has 3 N–H and O–H groups in total. The van der Waals surface area contributed by atoms with Gasteiger partial charge in [-0.15, -0.1) is 11.8 Å². The first kappa shape index (κ1) is 31.4. The minimum absolute atomic E-state index is 0.0118. The Morgan fingerprint density at radius 1 is 0.860 bits per heavy atom. The van der Waals surface area contributed by atoms with Gasteiger partial charge in [-0.3, -0.25) is 14.4 Å². The number of carbonyl (C=O) groups excluding carboxylic acids is 3. The third-order valence-corrected chi connectivity index (χ3v) is 7.41. The van der Waals surface area contributed by atoms with Gasteiger partial charge in [-0.25, -0.2) is 0 Å². The summed E-state index contributed by atoms with van der Waals surface area (Å²) in [5.41, 5.74) is 1.51. The normalized spacial score (nSPS) is 11.5. The lowest BCUT2D eigenvalue weighted by atomic mass is 10.1. The lowest BCUT2D eigenvalue weighted by Gasteiger charge is -2.13. The standard InChI is InChI=1S/C32H25ClF3N3O3S/c1-20-7-5-6-10-22(20)17-28(39-30(41)21-8-3-2-4-9-21)31(42)37-24-12-14-25(15-13-24)43-19-29(40)38-27-18-23(32(34,35)36)11-16-26(27)33/h2-18H,19H2,1H3,(H,37,42)(H,38,40)(H,39,41)/b28-17-. The fourth-order valence-electron chi connectivity index (χ4n) is 3.81. The zero-order valence-corrected chi connectivity index (χ0v) is 24.2. The van der Waals surface area contributed by atoms with Crippen LogP contribution in [0.1, 0.15) is 27.0 Å². The van der Waals surface area contributed by atoms with E-state index in [1.54, 1.807) is 60.7 Å². The van der Waals surface area contributed by atoms with E-state index >= 15 is 0 Å². The highest BCUT2D eigenvalue weighted by molar-refractivity contribution is 8.00. The number of carbonyl (C=O) groups is 3. The second-order valence-corrected chi connectivity index (χ2v) is 10.7. The van der Waals surface area contributed by atoms with Crippen molar-refractivity contribution in [1.29, 1.82) is 0 Å². The van der Waals surface area contributed by atoms with Crippen molar-refractivity contribution < 1.29 is 27.6 Å². The van der Waals surface area contributed by atoms with Crippen molar-refractivity contribution in [2.24, 2.45) is 0 Å². The van der Waals surface area contributed by atoms with E-state index in [0.717, 1.165) is 41.1 Å². The molecule has 0 aliphatic rings. The molecule has 4 aromatic rings. The number of thioether (sulfide) groups is 1. The molecule has 0 bridgehead atoms. The smallest absolute Gasteiger partial charge is 0.324 e. The third-order valence-electron chi connectivity index (χ3n) is 6.07. The zero-order chi connectivity index (χ0) is 31.0. The molecule has 43 heavy (non-hydrogen) atoms. The molecule has 11 heteroatoms. The lowest BCUT2D eigenvalue weighted by Crippen LogP contribution is -2.30. The molecule has 4 rings (SSSR count). The highest BCUT2D eigenvalue weighted by Gasteiger charge is 2.31. The molecule has 0 aliphatic heterocycles. The van der Waals surface area contributed by atoms with Crippen molar-refractivity contribution in [3.05, 3.63) is 130 Å². The maximum absolute atomic E-state index is 13.2. The molecule has 0 unspecified atom stereocenters. The van der Waals surface area contributed by atoms with Crippen LogP contribution in [0.15, 0.2) is 108 Å². The Morgan fingerprint density at radius 3 is 2.21 bits per heavy atom. The summed E-state index contributed by atoms with van der Waals surface area (Å²) in [6.07, 6.45) is -2.97. The Labute approximate surface area is 255 Å². The molecule has 3 amide bonds. The van der Waals surface area contributed by atoms with Gasteiger partial charge in [0.1, 0.15) is 5.70 Å². The van der Waals surface area contributed by atoms with E-state index in [1.807, 2.05) is 31.2 Å². The molecule has 0 atom stereocenters. The van der Waals surface area contributed by atoms with Gasteiger partial charge in [-0.2, -0.15) is 13.2 Å². The average Bonchev–Trinajstić information content (AvgIpc) is 2.98. The molecule has 0 saturated heterocycles. The van der Waals surface area contributed by atoms with Crippen LogP contribution in [-0.4, -0.2) is 23.5 Å². The van der Waals surface area contributed by atoms with Gasteiger partial charge in [-0.1, -0.05) is 54.1 Å². The van der Waals surface area contributed by atoms with Gasteiger partial charge in [0.2, 0.25) is 5.91 Å². The number of benzene rings is 4. The van der Waals surface area contributed by atoms with Gasteiger partial charge in [0.25, 0.3) is 11.8 Å². The van der Waals surface area contributed by atoms with Crippen molar-refractivity contribution >= 4 is 58.5 Å². The van der Waals surface area contributed by atoms with Crippen LogP contribution < -0.4 is 16.0 Å². The van der Waals surface area contributed by atoms with Crippen LogP contribution in [0.25, 0.3) is 6.08 Å². The number of aryl methyl sites for hydroxylation is 1. The maximum atomic E-state index is 13.2. The van der Waals surface area contributed by atoms with Crippen LogP contribution in [0.2, 0.25) is 5.02 Å². The molecule has 0 fully saturated rings. The van der Waals surface area contributed by atoms with Crippen LogP contribution >= 0.6 is 23.4 Å². The summed E-state index contributed by atoms with van der Waals surface area (Å²) in [6, 6.07) is 25.3. The summed E-state index contributed by atoms with van der Waals surface area (Å²) in [5, 5.41) is 7.86. The van der Waals surface area contributed by atoms with Gasteiger partial charge in [0.05, 0.1) is 22.0 Å². The fraction of sp³-hybridized carbons (Fsp3) is 0.0938. The Balaban J connectivity index is 1.40. The van der Waals surface area contributed by atoms with E-state index in [9.17, 15) is 27.6 Å². The van der Waals surface area contributed by atoms with Crippen molar-refractivity contribution in [3.63, 3.8) is 0 Å². The predicted molar refractivity (Wildman–Crippen MR) is 164 cm³/mol. The van der Waals surface area contributed by atoms with Crippen molar-refractivity contribution in [2.45, 2.75) is 18.0 Å². The molecular weight excluding hydrogens is 599 g/mol. The van der Waals surface area contributed by atoms with E-state index in [2.05, 4.69) is 16.0 Å². The van der Waals surface area contributed by atoms with Crippen molar-refractivity contribution in [3.8, 4) is 0 Å². The van der Waals surface area contributed by atoms with Crippen LogP contribution in [0, 0.1) is 6.92 Å². The first-order valence-electron chi connectivity index (χ1n) is 12.8. The number of halogens is 4. The summed E-state index contributed by atoms with van der Waals surface area (Å²) in [6.45, 7) is 1.89. The third kappa shape index (κ3) is 8.97. The van der Waals surface area contributed by atoms with Crippen molar-refractivity contribution in [2.75, 3.05) is 16.4 Å². The molecule has 220 valence electrons.